The second-order valence-corrected chi connectivity index (χ2v) is 8.36. The van der Waals surface area contributed by atoms with Gasteiger partial charge in [0.2, 0.25) is 0 Å². The number of hydrogen-bond donors (Lipinski definition) is 2. The average Bonchev–Trinajstić information content (AvgIpc) is 2.78. The van der Waals surface area contributed by atoms with Crippen molar-refractivity contribution in [1.29, 1.82) is 0 Å². The molecule has 31 heavy (non-hydrogen) atoms. The van der Waals surface area contributed by atoms with Crippen molar-refractivity contribution < 1.29 is 4.74 Å². The normalized spacial score (nSPS) is 14.8. The topological polar surface area (TPSA) is 72.0 Å². The van der Waals surface area contributed by atoms with Gasteiger partial charge < -0.3 is 14.8 Å². The summed E-state index contributed by atoms with van der Waals surface area (Å²) in [6, 6.07) is 18.4. The van der Waals surface area contributed by atoms with Gasteiger partial charge in [-0.15, -0.1) is 0 Å². The summed E-state index contributed by atoms with van der Waals surface area (Å²) < 4.78 is 8.75. The van der Waals surface area contributed by atoms with Crippen molar-refractivity contribution in [2.45, 2.75) is 5.54 Å². The van der Waals surface area contributed by atoms with Gasteiger partial charge in [-0.2, -0.15) is 0 Å². The summed E-state index contributed by atoms with van der Waals surface area (Å²) in [5.74, 6) is 0.781. The number of aromatic nitrogens is 3. The van der Waals surface area contributed by atoms with Gasteiger partial charge in [0, 0.05) is 23.4 Å². The second kappa shape index (κ2) is 8.34. The number of hydrogen-bond acceptors (Lipinski definition) is 7. The molecule has 8 heteroatoms. The molecule has 0 unspecified atom stereocenters. The van der Waals surface area contributed by atoms with Crippen molar-refractivity contribution in [2.24, 2.45) is 0 Å². The van der Waals surface area contributed by atoms with Crippen LogP contribution in [0.25, 0.3) is 22.0 Å². The van der Waals surface area contributed by atoms with Crippen LogP contribution >= 0.6 is 23.5 Å². The number of nitrogens with one attached hydrogen (secondary N) is 2. The summed E-state index contributed by atoms with van der Waals surface area (Å²) in [5, 5.41) is 5.03. The van der Waals surface area contributed by atoms with Crippen molar-refractivity contribution in [3.05, 3.63) is 77.8 Å². The van der Waals surface area contributed by atoms with Crippen molar-refractivity contribution >= 4 is 46.0 Å². The van der Waals surface area contributed by atoms with Gasteiger partial charge in [-0.1, -0.05) is 59.9 Å². The lowest BCUT2D eigenvalue weighted by Crippen LogP contribution is -2.53. The fraction of sp³-hybridized carbons (Fsp3) is 0.174. The molecule has 1 saturated heterocycles. The molecule has 156 valence electrons. The molecular formula is C23H20ClN5OS. The number of ether oxygens (including phenoxy) is 1. The monoisotopic (exact) mass is 449 g/mol. The third-order valence-corrected chi connectivity index (χ3v) is 6.13. The highest BCUT2D eigenvalue weighted by molar-refractivity contribution is 7.99. The number of nitrogens with zero attached hydrogens (tertiary/aromatic N) is 3. The Balaban J connectivity index is 1.56. The van der Waals surface area contributed by atoms with E-state index >= 15 is 0 Å². The van der Waals surface area contributed by atoms with Crippen LogP contribution in [0.3, 0.4) is 0 Å². The molecule has 0 spiro atoms. The first-order valence-electron chi connectivity index (χ1n) is 9.80. The van der Waals surface area contributed by atoms with Crippen LogP contribution in [-0.4, -0.2) is 34.4 Å². The third kappa shape index (κ3) is 3.80. The predicted molar refractivity (Wildman–Crippen MR) is 127 cm³/mol. The lowest BCUT2D eigenvalue weighted by molar-refractivity contribution is -0.0448. The van der Waals surface area contributed by atoms with Crippen molar-refractivity contribution in [3.63, 3.8) is 0 Å². The Hall–Kier alpha value is -2.87. The standard InChI is InChI=1S/C23H20ClN5OS/c1-31-29-20-10-16(11-25-21(20)24)15-7-8-19-18(9-15)22(27-14-26-19)28-23(12-30-13-23)17-5-3-2-4-6-17/h2-11,14,29H,12-13H2,1H3,(H,26,27,28). The van der Waals surface area contributed by atoms with Gasteiger partial charge in [0.25, 0.3) is 0 Å². The number of benzene rings is 2. The molecule has 1 aliphatic heterocycles. The van der Waals surface area contributed by atoms with Crippen LogP contribution in [0.2, 0.25) is 5.15 Å². The Morgan fingerprint density at radius 3 is 2.58 bits per heavy atom. The van der Waals surface area contributed by atoms with Gasteiger partial charge in [-0.3, -0.25) is 0 Å². The summed E-state index contributed by atoms with van der Waals surface area (Å²) in [6.07, 6.45) is 5.31. The van der Waals surface area contributed by atoms with E-state index in [1.807, 2.05) is 42.7 Å². The van der Waals surface area contributed by atoms with Gasteiger partial charge in [0.15, 0.2) is 5.15 Å². The third-order valence-electron chi connectivity index (χ3n) is 5.40. The van der Waals surface area contributed by atoms with Crippen molar-refractivity contribution in [2.75, 3.05) is 29.5 Å². The molecule has 1 fully saturated rings. The maximum Gasteiger partial charge on any atom is 0.152 e. The van der Waals surface area contributed by atoms with Crippen molar-refractivity contribution in [1.82, 2.24) is 15.0 Å². The van der Waals surface area contributed by atoms with Crippen LogP contribution < -0.4 is 10.0 Å². The summed E-state index contributed by atoms with van der Waals surface area (Å²) in [6.45, 7) is 1.18. The lowest BCUT2D eigenvalue weighted by Gasteiger charge is -2.43. The zero-order valence-corrected chi connectivity index (χ0v) is 18.4. The molecule has 2 aromatic carbocycles. The van der Waals surface area contributed by atoms with Crippen LogP contribution in [0.5, 0.6) is 0 Å². The van der Waals surface area contributed by atoms with E-state index in [1.54, 1.807) is 12.5 Å². The van der Waals surface area contributed by atoms with Crippen LogP contribution in [-0.2, 0) is 10.3 Å². The van der Waals surface area contributed by atoms with Gasteiger partial charge in [0.05, 0.1) is 24.4 Å². The minimum Gasteiger partial charge on any atom is -0.376 e. The quantitative estimate of drug-likeness (QED) is 0.302. The molecule has 3 heterocycles. The van der Waals surface area contributed by atoms with E-state index in [-0.39, 0.29) is 5.54 Å². The fourth-order valence-corrected chi connectivity index (χ4v) is 4.31. The Labute approximate surface area is 189 Å². The maximum atomic E-state index is 6.21. The van der Waals surface area contributed by atoms with E-state index in [9.17, 15) is 0 Å². The second-order valence-electron chi connectivity index (χ2n) is 7.39. The first kappa shape index (κ1) is 20.1. The van der Waals surface area contributed by atoms with E-state index < -0.39 is 0 Å². The highest BCUT2D eigenvalue weighted by Crippen LogP contribution is 2.36. The van der Waals surface area contributed by atoms with Gasteiger partial charge >= 0.3 is 0 Å². The Morgan fingerprint density at radius 1 is 1.00 bits per heavy atom. The predicted octanol–water partition coefficient (Wildman–Crippen LogP) is 5.37. The number of pyridine rings is 1. The van der Waals surface area contributed by atoms with Gasteiger partial charge in [0.1, 0.15) is 17.7 Å². The molecule has 5 rings (SSSR count). The molecule has 0 aliphatic carbocycles. The van der Waals surface area contributed by atoms with Gasteiger partial charge in [-0.25, -0.2) is 15.0 Å². The molecule has 6 nitrogen and oxygen atoms in total. The summed E-state index contributed by atoms with van der Waals surface area (Å²) in [7, 11) is 0. The summed E-state index contributed by atoms with van der Waals surface area (Å²) >= 11 is 7.68. The zero-order chi connectivity index (χ0) is 21.3. The molecule has 4 aromatic rings. The lowest BCUT2D eigenvalue weighted by atomic mass is 9.88. The largest absolute Gasteiger partial charge is 0.376 e. The molecule has 0 radical (unpaired) electrons. The van der Waals surface area contributed by atoms with Crippen LogP contribution in [0.4, 0.5) is 11.5 Å². The molecular weight excluding hydrogens is 430 g/mol. The Bertz CT molecular complexity index is 1230. The van der Waals surface area contributed by atoms with E-state index in [4.69, 9.17) is 16.3 Å². The van der Waals surface area contributed by atoms with E-state index in [1.165, 1.54) is 17.5 Å². The SMILES string of the molecule is CSNc1cc(-c2ccc3ncnc(NC4(c5ccccc5)COC4)c3c2)cnc1Cl. The number of halogens is 1. The smallest absolute Gasteiger partial charge is 0.152 e. The number of anilines is 2. The minimum atomic E-state index is -0.296. The molecule has 0 bridgehead atoms. The van der Waals surface area contributed by atoms with Crippen LogP contribution in [0.1, 0.15) is 5.56 Å². The van der Waals surface area contributed by atoms with Crippen LogP contribution in [0.15, 0.2) is 67.1 Å². The Morgan fingerprint density at radius 2 is 1.84 bits per heavy atom. The molecule has 2 aromatic heterocycles. The molecule has 1 aliphatic rings. The zero-order valence-electron chi connectivity index (χ0n) is 16.8. The first-order valence-corrected chi connectivity index (χ1v) is 11.4. The number of rotatable bonds is 6. The minimum absolute atomic E-state index is 0.296. The summed E-state index contributed by atoms with van der Waals surface area (Å²) in [4.78, 5) is 13.3. The average molecular weight is 450 g/mol. The molecule has 0 amide bonds. The molecule has 0 atom stereocenters. The van der Waals surface area contributed by atoms with Crippen LogP contribution in [0, 0.1) is 0 Å². The van der Waals surface area contributed by atoms with Gasteiger partial charge in [-0.05, 0) is 29.3 Å². The number of fused-ring (bicyclic) bond motifs is 1. The van der Waals surface area contributed by atoms with E-state index in [0.717, 1.165) is 33.5 Å². The molecule has 2 N–H and O–H groups in total. The van der Waals surface area contributed by atoms with E-state index in [0.29, 0.717) is 18.4 Å². The highest BCUT2D eigenvalue weighted by atomic mass is 35.5. The highest BCUT2D eigenvalue weighted by Gasteiger charge is 2.41. The molecule has 0 saturated carbocycles. The Kier molecular flexibility index (Phi) is 5.40. The first-order chi connectivity index (χ1) is 15.2. The van der Waals surface area contributed by atoms with E-state index in [2.05, 4.69) is 43.2 Å². The maximum absolute atomic E-state index is 6.21. The summed E-state index contributed by atoms with van der Waals surface area (Å²) in [5.41, 5.74) is 4.51. The van der Waals surface area contributed by atoms with Crippen molar-refractivity contribution in [3.8, 4) is 11.1 Å². The fourth-order valence-electron chi connectivity index (χ4n) is 3.72.